The molecule has 120 valence electrons. The number of ether oxygens (including phenoxy) is 1. The second-order valence-corrected chi connectivity index (χ2v) is 5.21. The largest absolute Gasteiger partial charge is 0.489 e. The highest BCUT2D eigenvalue weighted by Gasteiger charge is 2.15. The highest BCUT2D eigenvalue weighted by Crippen LogP contribution is 2.14. The quantitative estimate of drug-likeness (QED) is 0.724. The Morgan fingerprint density at radius 3 is 2.29 bits per heavy atom. The SMILES string of the molecule is CN(C(=O)c1ccc(COc2ccccc2)cc1)c1ncccn1. The smallest absolute Gasteiger partial charge is 0.260 e. The Balaban J connectivity index is 1.64. The first-order valence-electron chi connectivity index (χ1n) is 7.56. The molecule has 0 aliphatic rings. The first kappa shape index (κ1) is 15.7. The van der Waals surface area contributed by atoms with Gasteiger partial charge in [0.15, 0.2) is 0 Å². The van der Waals surface area contributed by atoms with Gasteiger partial charge in [-0.05, 0) is 35.9 Å². The van der Waals surface area contributed by atoms with Crippen molar-refractivity contribution >= 4 is 11.9 Å². The van der Waals surface area contributed by atoms with Crippen LogP contribution >= 0.6 is 0 Å². The maximum Gasteiger partial charge on any atom is 0.260 e. The molecule has 0 atom stereocenters. The van der Waals surface area contributed by atoms with Gasteiger partial charge in [-0.25, -0.2) is 9.97 Å². The summed E-state index contributed by atoms with van der Waals surface area (Å²) in [4.78, 5) is 22.0. The lowest BCUT2D eigenvalue weighted by molar-refractivity contribution is 0.0991. The van der Waals surface area contributed by atoms with Crippen LogP contribution in [0.3, 0.4) is 0 Å². The molecule has 5 nitrogen and oxygen atoms in total. The standard InChI is InChI=1S/C19H17N3O2/c1-22(19-20-12-5-13-21-19)18(23)16-10-8-15(9-11-16)14-24-17-6-3-2-4-7-17/h2-13H,14H2,1H3. The molecule has 0 saturated heterocycles. The highest BCUT2D eigenvalue weighted by atomic mass is 16.5. The molecular formula is C19H17N3O2. The average Bonchev–Trinajstić information content (AvgIpc) is 2.67. The van der Waals surface area contributed by atoms with E-state index in [0.717, 1.165) is 11.3 Å². The van der Waals surface area contributed by atoms with Crippen LogP contribution in [0.15, 0.2) is 73.1 Å². The van der Waals surface area contributed by atoms with E-state index in [1.54, 1.807) is 37.6 Å². The van der Waals surface area contributed by atoms with Crippen molar-refractivity contribution in [3.8, 4) is 5.75 Å². The summed E-state index contributed by atoms with van der Waals surface area (Å²) in [6.45, 7) is 0.454. The van der Waals surface area contributed by atoms with Crippen LogP contribution in [0, 0.1) is 0 Å². The van der Waals surface area contributed by atoms with Gasteiger partial charge in [-0.3, -0.25) is 9.69 Å². The number of hydrogen-bond donors (Lipinski definition) is 0. The maximum absolute atomic E-state index is 12.5. The lowest BCUT2D eigenvalue weighted by atomic mass is 10.1. The number of carbonyl (C=O) groups is 1. The zero-order chi connectivity index (χ0) is 16.8. The molecule has 2 aromatic carbocycles. The maximum atomic E-state index is 12.5. The van der Waals surface area contributed by atoms with Crippen LogP contribution in [-0.4, -0.2) is 22.9 Å². The van der Waals surface area contributed by atoms with Gasteiger partial charge in [0.1, 0.15) is 12.4 Å². The van der Waals surface area contributed by atoms with Crippen LogP contribution in [0.5, 0.6) is 5.75 Å². The van der Waals surface area contributed by atoms with E-state index >= 15 is 0 Å². The van der Waals surface area contributed by atoms with Gasteiger partial charge in [0.05, 0.1) is 0 Å². The predicted octanol–water partition coefficient (Wildman–Crippen LogP) is 3.33. The second kappa shape index (κ2) is 7.37. The molecule has 0 aliphatic heterocycles. The minimum atomic E-state index is -0.156. The zero-order valence-corrected chi connectivity index (χ0v) is 13.3. The Bertz CT molecular complexity index is 790. The fraction of sp³-hybridized carbons (Fsp3) is 0.105. The van der Waals surface area contributed by atoms with Gasteiger partial charge >= 0.3 is 0 Å². The second-order valence-electron chi connectivity index (χ2n) is 5.21. The highest BCUT2D eigenvalue weighted by molar-refractivity contribution is 6.04. The monoisotopic (exact) mass is 319 g/mol. The summed E-state index contributed by atoms with van der Waals surface area (Å²) in [5.74, 6) is 1.04. The van der Waals surface area contributed by atoms with E-state index in [9.17, 15) is 4.79 Å². The molecule has 1 aromatic heterocycles. The third-order valence-electron chi connectivity index (χ3n) is 3.51. The first-order chi connectivity index (χ1) is 11.7. The number of amides is 1. The van der Waals surface area contributed by atoms with Crippen molar-refractivity contribution in [1.29, 1.82) is 0 Å². The minimum absolute atomic E-state index is 0.156. The molecule has 0 N–H and O–H groups in total. The summed E-state index contributed by atoms with van der Waals surface area (Å²) >= 11 is 0. The van der Waals surface area contributed by atoms with Crippen LogP contribution in [0.4, 0.5) is 5.95 Å². The van der Waals surface area contributed by atoms with E-state index in [1.807, 2.05) is 42.5 Å². The van der Waals surface area contributed by atoms with Crippen molar-refractivity contribution in [2.45, 2.75) is 6.61 Å². The van der Waals surface area contributed by atoms with Crippen LogP contribution in [0.25, 0.3) is 0 Å². The molecule has 0 fully saturated rings. The Kier molecular flexibility index (Phi) is 4.81. The fourth-order valence-electron chi connectivity index (χ4n) is 2.18. The predicted molar refractivity (Wildman–Crippen MR) is 92.0 cm³/mol. The van der Waals surface area contributed by atoms with E-state index in [-0.39, 0.29) is 5.91 Å². The van der Waals surface area contributed by atoms with Crippen molar-refractivity contribution < 1.29 is 9.53 Å². The molecule has 0 unspecified atom stereocenters. The van der Waals surface area contributed by atoms with Gasteiger partial charge in [0, 0.05) is 25.0 Å². The van der Waals surface area contributed by atoms with Gasteiger partial charge in [0.25, 0.3) is 5.91 Å². The molecule has 1 heterocycles. The van der Waals surface area contributed by atoms with E-state index in [4.69, 9.17) is 4.74 Å². The minimum Gasteiger partial charge on any atom is -0.489 e. The van der Waals surface area contributed by atoms with E-state index in [2.05, 4.69) is 9.97 Å². The fourth-order valence-corrected chi connectivity index (χ4v) is 2.18. The molecule has 3 aromatic rings. The zero-order valence-electron chi connectivity index (χ0n) is 13.3. The number of anilines is 1. The lowest BCUT2D eigenvalue weighted by Crippen LogP contribution is -2.27. The molecule has 0 aliphatic carbocycles. The molecule has 0 spiro atoms. The van der Waals surface area contributed by atoms with Crippen LogP contribution in [0.1, 0.15) is 15.9 Å². The molecule has 0 radical (unpaired) electrons. The van der Waals surface area contributed by atoms with E-state index < -0.39 is 0 Å². The first-order valence-corrected chi connectivity index (χ1v) is 7.56. The number of benzene rings is 2. The third-order valence-corrected chi connectivity index (χ3v) is 3.51. The molecule has 0 bridgehead atoms. The number of rotatable bonds is 5. The Morgan fingerprint density at radius 2 is 1.62 bits per heavy atom. The van der Waals surface area contributed by atoms with Crippen molar-refractivity contribution in [2.75, 3.05) is 11.9 Å². The summed E-state index contributed by atoms with van der Waals surface area (Å²) in [5, 5.41) is 0. The molecular weight excluding hydrogens is 302 g/mol. The molecule has 0 saturated carbocycles. The topological polar surface area (TPSA) is 55.3 Å². The number of carbonyl (C=O) groups excluding carboxylic acids is 1. The number of nitrogens with zero attached hydrogens (tertiary/aromatic N) is 3. The summed E-state index contributed by atoms with van der Waals surface area (Å²) in [6.07, 6.45) is 3.21. The number of para-hydroxylation sites is 1. The van der Waals surface area contributed by atoms with Crippen LogP contribution < -0.4 is 9.64 Å². The van der Waals surface area contributed by atoms with E-state index in [1.165, 1.54) is 4.90 Å². The Morgan fingerprint density at radius 1 is 0.958 bits per heavy atom. The van der Waals surface area contributed by atoms with Gasteiger partial charge < -0.3 is 4.74 Å². The lowest BCUT2D eigenvalue weighted by Gasteiger charge is -2.15. The van der Waals surface area contributed by atoms with Gasteiger partial charge in [-0.1, -0.05) is 30.3 Å². The normalized spacial score (nSPS) is 10.2. The van der Waals surface area contributed by atoms with Crippen molar-refractivity contribution in [2.24, 2.45) is 0 Å². The molecule has 3 rings (SSSR count). The van der Waals surface area contributed by atoms with Gasteiger partial charge in [-0.15, -0.1) is 0 Å². The average molecular weight is 319 g/mol. The number of aromatic nitrogens is 2. The summed E-state index contributed by atoms with van der Waals surface area (Å²) in [7, 11) is 1.66. The number of hydrogen-bond acceptors (Lipinski definition) is 4. The van der Waals surface area contributed by atoms with Crippen molar-refractivity contribution in [3.63, 3.8) is 0 Å². The summed E-state index contributed by atoms with van der Waals surface area (Å²) < 4.78 is 5.69. The van der Waals surface area contributed by atoms with Gasteiger partial charge in [0.2, 0.25) is 5.95 Å². The Labute approximate surface area is 140 Å². The molecule has 24 heavy (non-hydrogen) atoms. The third kappa shape index (κ3) is 3.76. The van der Waals surface area contributed by atoms with Gasteiger partial charge in [-0.2, -0.15) is 0 Å². The summed E-state index contributed by atoms with van der Waals surface area (Å²) in [5.41, 5.74) is 1.57. The van der Waals surface area contributed by atoms with E-state index in [0.29, 0.717) is 18.1 Å². The molecule has 5 heteroatoms. The van der Waals surface area contributed by atoms with Crippen molar-refractivity contribution in [1.82, 2.24) is 9.97 Å². The van der Waals surface area contributed by atoms with Crippen molar-refractivity contribution in [3.05, 3.63) is 84.2 Å². The van der Waals surface area contributed by atoms with Crippen LogP contribution in [-0.2, 0) is 6.61 Å². The molecule has 1 amide bonds. The van der Waals surface area contributed by atoms with Crippen LogP contribution in [0.2, 0.25) is 0 Å². The summed E-state index contributed by atoms with van der Waals surface area (Å²) in [6, 6.07) is 18.7. The Hall–Kier alpha value is -3.21.